The summed E-state index contributed by atoms with van der Waals surface area (Å²) in [5.41, 5.74) is 3.70. The largest absolute Gasteiger partial charge is 0.462 e. The van der Waals surface area contributed by atoms with Crippen LogP contribution in [0.5, 0.6) is 0 Å². The van der Waals surface area contributed by atoms with Gasteiger partial charge in [-0.25, -0.2) is 9.78 Å². The number of H-pyrrole nitrogens is 1. The number of esters is 1. The first-order chi connectivity index (χ1) is 17.5. The predicted octanol–water partition coefficient (Wildman–Crippen LogP) is 5.10. The fourth-order valence-corrected chi connectivity index (χ4v) is 4.58. The van der Waals surface area contributed by atoms with E-state index in [9.17, 15) is 14.4 Å². The van der Waals surface area contributed by atoms with E-state index >= 15 is 0 Å². The van der Waals surface area contributed by atoms with Crippen molar-refractivity contribution in [2.75, 3.05) is 17.7 Å². The quantitative estimate of drug-likeness (QED) is 0.177. The maximum atomic E-state index is 13.3. The number of unbranched alkanes of at least 4 members (excludes halogenated alkanes) is 1. The summed E-state index contributed by atoms with van der Waals surface area (Å²) in [6.45, 7) is 4.63. The number of benzene rings is 2. The van der Waals surface area contributed by atoms with Gasteiger partial charge in [0.15, 0.2) is 5.16 Å². The van der Waals surface area contributed by atoms with Gasteiger partial charge in [-0.3, -0.25) is 14.2 Å². The Balaban J connectivity index is 1.55. The molecule has 2 aromatic heterocycles. The number of nitrogens with one attached hydrogen (secondary N) is 2. The molecule has 0 unspecified atom stereocenters. The van der Waals surface area contributed by atoms with Crippen molar-refractivity contribution >= 4 is 40.4 Å². The zero-order valence-corrected chi connectivity index (χ0v) is 21.1. The molecule has 4 rings (SSSR count). The molecule has 9 heteroatoms. The molecule has 0 saturated heterocycles. The van der Waals surface area contributed by atoms with Crippen molar-refractivity contribution < 1.29 is 14.3 Å². The first-order valence-corrected chi connectivity index (χ1v) is 12.9. The maximum absolute atomic E-state index is 13.3. The van der Waals surface area contributed by atoms with Crippen molar-refractivity contribution in [2.24, 2.45) is 0 Å². The fourth-order valence-electron chi connectivity index (χ4n) is 3.77. The van der Waals surface area contributed by atoms with Crippen LogP contribution in [0.15, 0.2) is 70.7 Å². The molecule has 2 N–H and O–H groups in total. The summed E-state index contributed by atoms with van der Waals surface area (Å²) in [5.74, 6) is -0.566. The number of thioether (sulfide) groups is 1. The third-order valence-electron chi connectivity index (χ3n) is 5.58. The van der Waals surface area contributed by atoms with E-state index in [4.69, 9.17) is 9.72 Å². The van der Waals surface area contributed by atoms with Crippen LogP contribution >= 0.6 is 11.8 Å². The van der Waals surface area contributed by atoms with Crippen LogP contribution in [-0.4, -0.2) is 38.8 Å². The first kappa shape index (κ1) is 25.2. The Kier molecular flexibility index (Phi) is 8.22. The van der Waals surface area contributed by atoms with Crippen molar-refractivity contribution in [3.05, 3.63) is 76.7 Å². The van der Waals surface area contributed by atoms with Gasteiger partial charge in [0.25, 0.3) is 5.56 Å². The highest BCUT2D eigenvalue weighted by Crippen LogP contribution is 2.28. The van der Waals surface area contributed by atoms with Crippen LogP contribution in [0.4, 0.5) is 5.69 Å². The number of carbonyl (C=O) groups is 2. The van der Waals surface area contributed by atoms with Crippen LogP contribution < -0.4 is 10.9 Å². The van der Waals surface area contributed by atoms with Gasteiger partial charge in [-0.15, -0.1) is 0 Å². The number of hydrogen-bond donors (Lipinski definition) is 2. The second kappa shape index (κ2) is 11.7. The summed E-state index contributed by atoms with van der Waals surface area (Å²) in [6.07, 6.45) is 3.56. The molecular weight excluding hydrogens is 476 g/mol. The Bertz CT molecular complexity index is 1410. The number of hydrogen-bond acceptors (Lipinski definition) is 6. The normalized spacial score (nSPS) is 10.9. The number of aromatic nitrogens is 3. The van der Waals surface area contributed by atoms with E-state index in [0.717, 1.165) is 24.0 Å². The minimum atomic E-state index is -0.405. The molecule has 0 atom stereocenters. The molecule has 0 radical (unpaired) electrons. The number of fused-ring (bicyclic) bond motifs is 1. The fraction of sp³-hybridized carbons (Fsp3) is 0.259. The van der Waals surface area contributed by atoms with Crippen molar-refractivity contribution in [1.29, 1.82) is 0 Å². The number of nitrogens with zero attached hydrogens (tertiary/aromatic N) is 2. The lowest BCUT2D eigenvalue weighted by molar-refractivity contribution is -0.113. The molecule has 8 nitrogen and oxygen atoms in total. The van der Waals surface area contributed by atoms with E-state index in [1.54, 1.807) is 42.0 Å². The van der Waals surface area contributed by atoms with Gasteiger partial charge in [-0.2, -0.15) is 0 Å². The highest BCUT2D eigenvalue weighted by atomic mass is 32.2. The number of amides is 1. The SMILES string of the molecule is CCCCn1c(SCC(=O)Nc2ccc(C(=O)OCC)cc2)nc2c(-c3ccccc3)c[nH]c2c1=O. The predicted molar refractivity (Wildman–Crippen MR) is 142 cm³/mol. The molecule has 0 aliphatic carbocycles. The summed E-state index contributed by atoms with van der Waals surface area (Å²) >= 11 is 1.23. The molecular formula is C27H28N4O4S. The zero-order chi connectivity index (χ0) is 25.5. The number of aromatic amines is 1. The molecule has 2 aromatic carbocycles. The molecule has 0 bridgehead atoms. The van der Waals surface area contributed by atoms with Crippen LogP contribution in [-0.2, 0) is 16.1 Å². The number of ether oxygens (including phenoxy) is 1. The van der Waals surface area contributed by atoms with Gasteiger partial charge in [-0.1, -0.05) is 55.4 Å². The van der Waals surface area contributed by atoms with Crippen molar-refractivity contribution in [3.63, 3.8) is 0 Å². The highest BCUT2D eigenvalue weighted by Gasteiger charge is 2.17. The minimum Gasteiger partial charge on any atom is -0.462 e. The third kappa shape index (κ3) is 5.68. The number of rotatable bonds is 10. The Labute approximate surface area is 213 Å². The van der Waals surface area contributed by atoms with Crippen LogP contribution in [0, 0.1) is 0 Å². The monoisotopic (exact) mass is 504 g/mol. The van der Waals surface area contributed by atoms with Gasteiger partial charge >= 0.3 is 5.97 Å². The van der Waals surface area contributed by atoms with Gasteiger partial charge in [-0.05, 0) is 43.2 Å². The van der Waals surface area contributed by atoms with Gasteiger partial charge in [0.2, 0.25) is 5.91 Å². The third-order valence-corrected chi connectivity index (χ3v) is 6.56. The van der Waals surface area contributed by atoms with Gasteiger partial charge in [0, 0.05) is 24.0 Å². The second-order valence-electron chi connectivity index (χ2n) is 8.13. The molecule has 4 aromatic rings. The summed E-state index contributed by atoms with van der Waals surface area (Å²) in [4.78, 5) is 45.7. The van der Waals surface area contributed by atoms with Crippen LogP contribution in [0.3, 0.4) is 0 Å². The van der Waals surface area contributed by atoms with E-state index in [0.29, 0.717) is 40.6 Å². The van der Waals surface area contributed by atoms with E-state index in [-0.39, 0.29) is 17.2 Å². The lowest BCUT2D eigenvalue weighted by Gasteiger charge is -2.12. The van der Waals surface area contributed by atoms with Gasteiger partial charge in [0.1, 0.15) is 11.0 Å². The summed E-state index contributed by atoms with van der Waals surface area (Å²) in [7, 11) is 0. The molecule has 0 spiro atoms. The summed E-state index contributed by atoms with van der Waals surface area (Å²) < 4.78 is 6.62. The molecule has 0 aliphatic heterocycles. The number of anilines is 1. The molecule has 36 heavy (non-hydrogen) atoms. The second-order valence-corrected chi connectivity index (χ2v) is 9.07. The smallest absolute Gasteiger partial charge is 0.338 e. The first-order valence-electron chi connectivity index (χ1n) is 11.9. The van der Waals surface area contributed by atoms with Crippen LogP contribution in [0.1, 0.15) is 37.0 Å². The highest BCUT2D eigenvalue weighted by molar-refractivity contribution is 7.99. The maximum Gasteiger partial charge on any atom is 0.338 e. The Morgan fingerprint density at radius 1 is 1.08 bits per heavy atom. The van der Waals surface area contributed by atoms with Crippen molar-refractivity contribution in [1.82, 2.24) is 14.5 Å². The topological polar surface area (TPSA) is 106 Å². The molecule has 1 amide bonds. The molecule has 186 valence electrons. The van der Waals surface area contributed by atoms with E-state index in [1.807, 2.05) is 30.3 Å². The molecule has 0 aliphatic rings. The zero-order valence-electron chi connectivity index (χ0n) is 20.2. The van der Waals surface area contributed by atoms with Gasteiger partial charge in [0.05, 0.1) is 17.9 Å². The summed E-state index contributed by atoms with van der Waals surface area (Å²) in [6, 6.07) is 16.3. The Hall–Kier alpha value is -3.85. The summed E-state index contributed by atoms with van der Waals surface area (Å²) in [5, 5.41) is 3.33. The molecule has 0 saturated carbocycles. The average Bonchev–Trinajstić information content (AvgIpc) is 3.32. The number of carbonyl (C=O) groups excluding carboxylic acids is 2. The molecule has 2 heterocycles. The van der Waals surface area contributed by atoms with Crippen molar-refractivity contribution in [2.45, 2.75) is 38.4 Å². The van der Waals surface area contributed by atoms with Crippen molar-refractivity contribution in [3.8, 4) is 11.1 Å². The minimum absolute atomic E-state index is 0.0782. The Morgan fingerprint density at radius 2 is 1.83 bits per heavy atom. The average molecular weight is 505 g/mol. The van der Waals surface area contributed by atoms with E-state index in [1.165, 1.54) is 11.8 Å². The molecule has 0 fully saturated rings. The van der Waals surface area contributed by atoms with Crippen LogP contribution in [0.2, 0.25) is 0 Å². The van der Waals surface area contributed by atoms with Gasteiger partial charge < -0.3 is 15.0 Å². The lowest BCUT2D eigenvalue weighted by Crippen LogP contribution is -2.24. The Morgan fingerprint density at radius 3 is 2.53 bits per heavy atom. The van der Waals surface area contributed by atoms with E-state index in [2.05, 4.69) is 17.2 Å². The lowest BCUT2D eigenvalue weighted by atomic mass is 10.1. The van der Waals surface area contributed by atoms with E-state index < -0.39 is 5.97 Å². The van der Waals surface area contributed by atoms with Crippen LogP contribution in [0.25, 0.3) is 22.2 Å². The standard InChI is InChI=1S/C27H28N4O4S/c1-3-5-15-31-25(33)24-23(21(16-28-24)18-9-7-6-8-10-18)30-27(31)36-17-22(32)29-20-13-11-19(12-14-20)26(34)35-4-2/h6-14,16,28H,3-5,15,17H2,1-2H3,(H,29,32).